The Morgan fingerprint density at radius 1 is 1.48 bits per heavy atom. The van der Waals surface area contributed by atoms with Crippen molar-refractivity contribution in [2.75, 3.05) is 11.9 Å². The van der Waals surface area contributed by atoms with Crippen molar-refractivity contribution in [3.8, 4) is 0 Å². The van der Waals surface area contributed by atoms with Gasteiger partial charge in [0.25, 0.3) is 0 Å². The Kier molecular flexibility index (Phi) is 5.21. The van der Waals surface area contributed by atoms with E-state index in [9.17, 15) is 9.59 Å². The molecule has 2 heterocycles. The fraction of sp³-hybridized carbons (Fsp3) is 0.364. The molecule has 112 valence electrons. The summed E-state index contributed by atoms with van der Waals surface area (Å²) >= 11 is 1.31. The minimum absolute atomic E-state index is 0.124. The molecule has 0 aromatic carbocycles. The molecule has 2 rings (SSSR count). The average Bonchev–Trinajstić information content (AvgIpc) is 3.10. The molecule has 2 aromatic heterocycles. The molecule has 0 fully saturated rings. The van der Waals surface area contributed by atoms with Gasteiger partial charge < -0.3 is 16.0 Å². The summed E-state index contributed by atoms with van der Waals surface area (Å²) in [6.45, 7) is 2.21. The zero-order valence-electron chi connectivity index (χ0n) is 11.3. The molecule has 2 aromatic rings. The predicted octanol–water partition coefficient (Wildman–Crippen LogP) is 0.0610. The number of carbonyl (C=O) groups excluding carboxylic acids is 2. The summed E-state index contributed by atoms with van der Waals surface area (Å²) in [6.07, 6.45) is 4.58. The zero-order chi connectivity index (χ0) is 15.1. The molecule has 21 heavy (non-hydrogen) atoms. The summed E-state index contributed by atoms with van der Waals surface area (Å²) in [5, 5.41) is 13.9. The molecular weight excluding hydrogens is 294 g/mol. The van der Waals surface area contributed by atoms with Gasteiger partial charge in [-0.05, 0) is 6.92 Å². The summed E-state index contributed by atoms with van der Waals surface area (Å²) in [5.41, 5.74) is 0. The Bertz CT molecular complexity index is 569. The van der Waals surface area contributed by atoms with Crippen molar-refractivity contribution in [2.24, 2.45) is 0 Å². The van der Waals surface area contributed by atoms with Gasteiger partial charge in [0, 0.05) is 17.6 Å². The minimum Gasteiger partial charge on any atom is -0.334 e. The minimum atomic E-state index is -0.420. The number of nitrogens with zero attached hydrogens (tertiary/aromatic N) is 4. The topological polar surface area (TPSA) is 114 Å². The van der Waals surface area contributed by atoms with Gasteiger partial charge in [0.15, 0.2) is 5.13 Å². The summed E-state index contributed by atoms with van der Waals surface area (Å²) < 4.78 is 1.61. The first-order valence-corrected chi connectivity index (χ1v) is 7.07. The van der Waals surface area contributed by atoms with E-state index in [1.54, 1.807) is 22.6 Å². The summed E-state index contributed by atoms with van der Waals surface area (Å²) in [6, 6.07) is -0.564. The standard InChI is InChI=1S/C11H15N7O2S/c1-8(5-18-7-12-6-15-18)16-10(20)14-4-9(19)17-11-13-2-3-21-11/h2-3,6-8H,4-5H2,1H3,(H,13,17,19)(H2,14,16,20). The fourth-order valence-corrected chi connectivity index (χ4v) is 2.08. The summed E-state index contributed by atoms with van der Waals surface area (Å²) in [7, 11) is 0. The molecule has 0 aliphatic carbocycles. The molecule has 1 unspecified atom stereocenters. The second kappa shape index (κ2) is 7.33. The van der Waals surface area contributed by atoms with Crippen LogP contribution in [0.15, 0.2) is 24.2 Å². The Balaban J connectivity index is 1.66. The Morgan fingerprint density at radius 2 is 2.33 bits per heavy atom. The average molecular weight is 309 g/mol. The van der Waals surface area contributed by atoms with E-state index in [0.717, 1.165) is 0 Å². The quantitative estimate of drug-likeness (QED) is 0.698. The van der Waals surface area contributed by atoms with Crippen LogP contribution in [0.3, 0.4) is 0 Å². The first-order chi connectivity index (χ1) is 10.1. The zero-order valence-corrected chi connectivity index (χ0v) is 12.1. The van der Waals surface area contributed by atoms with Gasteiger partial charge in [-0.15, -0.1) is 11.3 Å². The van der Waals surface area contributed by atoms with Crippen LogP contribution in [0.4, 0.5) is 9.93 Å². The molecule has 1 atom stereocenters. The van der Waals surface area contributed by atoms with Gasteiger partial charge in [-0.25, -0.2) is 14.8 Å². The third kappa shape index (κ3) is 5.18. The normalized spacial score (nSPS) is 11.7. The number of carbonyl (C=O) groups is 2. The van der Waals surface area contributed by atoms with E-state index >= 15 is 0 Å². The number of hydrogen-bond donors (Lipinski definition) is 3. The lowest BCUT2D eigenvalue weighted by molar-refractivity contribution is -0.115. The van der Waals surface area contributed by atoms with Crippen molar-refractivity contribution < 1.29 is 9.59 Å². The first-order valence-electron chi connectivity index (χ1n) is 6.19. The van der Waals surface area contributed by atoms with Crippen molar-refractivity contribution in [3.05, 3.63) is 24.2 Å². The second-order valence-electron chi connectivity index (χ2n) is 4.23. The number of aromatic nitrogens is 4. The van der Waals surface area contributed by atoms with E-state index in [2.05, 4.69) is 31.0 Å². The Labute approximate surface area is 124 Å². The second-order valence-corrected chi connectivity index (χ2v) is 5.13. The predicted molar refractivity (Wildman–Crippen MR) is 76.8 cm³/mol. The number of anilines is 1. The van der Waals surface area contributed by atoms with Crippen LogP contribution < -0.4 is 16.0 Å². The Morgan fingerprint density at radius 3 is 3.00 bits per heavy atom. The third-order valence-electron chi connectivity index (χ3n) is 2.39. The SMILES string of the molecule is CC(Cn1cncn1)NC(=O)NCC(=O)Nc1nccs1. The molecule has 0 aliphatic rings. The highest BCUT2D eigenvalue weighted by Gasteiger charge is 2.10. The van der Waals surface area contributed by atoms with Crippen molar-refractivity contribution >= 4 is 28.4 Å². The van der Waals surface area contributed by atoms with Gasteiger partial charge >= 0.3 is 6.03 Å². The van der Waals surface area contributed by atoms with Crippen molar-refractivity contribution in [3.63, 3.8) is 0 Å². The van der Waals surface area contributed by atoms with Gasteiger partial charge in [0.2, 0.25) is 5.91 Å². The van der Waals surface area contributed by atoms with Crippen LogP contribution in [0.2, 0.25) is 0 Å². The number of thiazole rings is 1. The van der Waals surface area contributed by atoms with Crippen LogP contribution in [0.5, 0.6) is 0 Å². The third-order valence-corrected chi connectivity index (χ3v) is 3.08. The van der Waals surface area contributed by atoms with Crippen LogP contribution in [-0.2, 0) is 11.3 Å². The van der Waals surface area contributed by atoms with Crippen LogP contribution in [0.1, 0.15) is 6.92 Å². The number of hydrogen-bond acceptors (Lipinski definition) is 6. The summed E-state index contributed by atoms with van der Waals surface area (Å²) in [4.78, 5) is 30.9. The van der Waals surface area contributed by atoms with Gasteiger partial charge in [0.05, 0.1) is 13.1 Å². The van der Waals surface area contributed by atoms with E-state index in [1.807, 2.05) is 6.92 Å². The number of urea groups is 1. The largest absolute Gasteiger partial charge is 0.334 e. The lowest BCUT2D eigenvalue weighted by Crippen LogP contribution is -2.45. The monoisotopic (exact) mass is 309 g/mol. The van der Waals surface area contributed by atoms with Crippen molar-refractivity contribution in [1.29, 1.82) is 0 Å². The molecule has 0 bridgehead atoms. The van der Waals surface area contributed by atoms with E-state index in [0.29, 0.717) is 11.7 Å². The van der Waals surface area contributed by atoms with Crippen LogP contribution in [0.25, 0.3) is 0 Å². The lowest BCUT2D eigenvalue weighted by Gasteiger charge is -2.14. The molecule has 0 spiro atoms. The van der Waals surface area contributed by atoms with E-state index < -0.39 is 6.03 Å². The molecule has 10 heteroatoms. The maximum atomic E-state index is 11.6. The van der Waals surface area contributed by atoms with Gasteiger partial charge in [0.1, 0.15) is 12.7 Å². The molecular formula is C11H15N7O2S. The van der Waals surface area contributed by atoms with Crippen LogP contribution in [-0.4, -0.2) is 44.3 Å². The fourth-order valence-electron chi connectivity index (χ4n) is 1.54. The van der Waals surface area contributed by atoms with Gasteiger partial charge in [-0.3, -0.25) is 9.48 Å². The van der Waals surface area contributed by atoms with Crippen molar-refractivity contribution in [1.82, 2.24) is 30.4 Å². The number of nitrogens with one attached hydrogen (secondary N) is 3. The van der Waals surface area contributed by atoms with Gasteiger partial charge in [-0.2, -0.15) is 5.10 Å². The maximum Gasteiger partial charge on any atom is 0.315 e. The van der Waals surface area contributed by atoms with Crippen LogP contribution in [0, 0.1) is 0 Å². The van der Waals surface area contributed by atoms with Gasteiger partial charge in [-0.1, -0.05) is 0 Å². The number of rotatable bonds is 6. The molecule has 0 radical (unpaired) electrons. The van der Waals surface area contributed by atoms with Crippen molar-refractivity contribution in [2.45, 2.75) is 19.5 Å². The van der Waals surface area contributed by atoms with E-state index in [4.69, 9.17) is 0 Å². The molecule has 3 N–H and O–H groups in total. The summed E-state index contributed by atoms with van der Waals surface area (Å²) in [5.74, 6) is -0.330. The molecule has 0 aliphatic heterocycles. The highest BCUT2D eigenvalue weighted by atomic mass is 32.1. The highest BCUT2D eigenvalue weighted by molar-refractivity contribution is 7.13. The smallest absolute Gasteiger partial charge is 0.315 e. The molecule has 3 amide bonds. The molecule has 0 saturated heterocycles. The lowest BCUT2D eigenvalue weighted by atomic mass is 10.3. The first kappa shape index (κ1) is 14.9. The highest BCUT2D eigenvalue weighted by Crippen LogP contribution is 2.09. The number of amides is 3. The Hall–Kier alpha value is -2.49. The van der Waals surface area contributed by atoms with E-state index in [1.165, 1.54) is 17.7 Å². The molecule has 9 nitrogen and oxygen atoms in total. The molecule has 0 saturated carbocycles. The maximum absolute atomic E-state index is 11.6. The van der Waals surface area contributed by atoms with E-state index in [-0.39, 0.29) is 18.5 Å². The van der Waals surface area contributed by atoms with Crippen LogP contribution >= 0.6 is 11.3 Å².